The van der Waals surface area contributed by atoms with E-state index in [0.717, 1.165) is 24.3 Å². The van der Waals surface area contributed by atoms with E-state index in [9.17, 15) is 23.3 Å². The van der Waals surface area contributed by atoms with Gasteiger partial charge in [0.15, 0.2) is 0 Å². The lowest BCUT2D eigenvalue weighted by Gasteiger charge is -2.25. The molecule has 0 unspecified atom stereocenters. The second-order valence-corrected chi connectivity index (χ2v) is 4.46. The van der Waals surface area contributed by atoms with Crippen molar-refractivity contribution in [2.24, 2.45) is 0 Å². The van der Waals surface area contributed by atoms with Crippen LogP contribution in [0.1, 0.15) is 11.1 Å². The van der Waals surface area contributed by atoms with Crippen LogP contribution in [0.5, 0.6) is 0 Å². The largest absolute Gasteiger partial charge is 0.417 e. The van der Waals surface area contributed by atoms with Gasteiger partial charge in [-0.2, -0.15) is 13.2 Å². The maximum Gasteiger partial charge on any atom is 0.417 e. The van der Waals surface area contributed by atoms with Crippen LogP contribution < -0.4 is 0 Å². The third kappa shape index (κ3) is 3.72. The third-order valence-electron chi connectivity index (χ3n) is 3.08. The molecule has 0 aromatic heterocycles. The second-order valence-electron chi connectivity index (χ2n) is 4.46. The van der Waals surface area contributed by atoms with Crippen LogP contribution in [0.25, 0.3) is 6.08 Å². The van der Waals surface area contributed by atoms with Crippen molar-refractivity contribution in [1.29, 1.82) is 0 Å². The van der Waals surface area contributed by atoms with Crippen molar-refractivity contribution in [3.8, 4) is 0 Å². The van der Waals surface area contributed by atoms with E-state index in [4.69, 9.17) is 4.74 Å². The third-order valence-corrected chi connectivity index (χ3v) is 3.08. The van der Waals surface area contributed by atoms with Crippen LogP contribution >= 0.6 is 0 Å². The second kappa shape index (κ2) is 6.13. The lowest BCUT2D eigenvalue weighted by atomic mass is 10.0. The van der Waals surface area contributed by atoms with Crippen molar-refractivity contribution < 1.29 is 22.8 Å². The lowest BCUT2D eigenvalue weighted by Crippen LogP contribution is -2.31. The van der Waals surface area contributed by atoms with E-state index in [1.165, 1.54) is 6.20 Å². The lowest BCUT2D eigenvalue weighted by molar-refractivity contribution is -0.385. The van der Waals surface area contributed by atoms with Gasteiger partial charge in [-0.3, -0.25) is 10.1 Å². The summed E-state index contributed by atoms with van der Waals surface area (Å²) in [7, 11) is 0. The first kappa shape index (κ1) is 15.3. The minimum Gasteiger partial charge on any atom is -0.378 e. The topological polar surface area (TPSA) is 55.6 Å². The first-order valence-electron chi connectivity index (χ1n) is 6.24. The number of morpholine rings is 1. The standard InChI is InChI=1S/C13H13F3N2O3/c14-13(15,16)11-2-1-3-12(18(19)20)10(11)4-5-17-6-8-21-9-7-17/h1-5H,6-9H2. The Morgan fingerprint density at radius 2 is 1.95 bits per heavy atom. The van der Waals surface area contributed by atoms with Gasteiger partial charge in [-0.15, -0.1) is 0 Å². The summed E-state index contributed by atoms with van der Waals surface area (Å²) < 4.78 is 44.0. The van der Waals surface area contributed by atoms with Gasteiger partial charge in [0.2, 0.25) is 0 Å². The molecule has 1 heterocycles. The fraction of sp³-hybridized carbons (Fsp3) is 0.385. The van der Waals surface area contributed by atoms with Crippen molar-refractivity contribution in [2.45, 2.75) is 6.18 Å². The van der Waals surface area contributed by atoms with Crippen molar-refractivity contribution in [1.82, 2.24) is 4.90 Å². The molecule has 1 aliphatic rings. The minimum atomic E-state index is -4.64. The Morgan fingerprint density at radius 1 is 1.29 bits per heavy atom. The van der Waals surface area contributed by atoms with Crippen LogP contribution in [-0.2, 0) is 10.9 Å². The zero-order valence-electron chi connectivity index (χ0n) is 11.0. The maximum absolute atomic E-state index is 13.0. The van der Waals surface area contributed by atoms with E-state index < -0.39 is 27.9 Å². The molecule has 0 aliphatic carbocycles. The van der Waals surface area contributed by atoms with Gasteiger partial charge in [0.25, 0.3) is 5.69 Å². The van der Waals surface area contributed by atoms with Crippen LogP contribution in [0.4, 0.5) is 18.9 Å². The minimum absolute atomic E-state index is 0.429. The van der Waals surface area contributed by atoms with Gasteiger partial charge in [0, 0.05) is 25.4 Å². The number of alkyl halides is 3. The van der Waals surface area contributed by atoms with E-state index in [-0.39, 0.29) is 0 Å². The molecule has 8 heteroatoms. The summed E-state index contributed by atoms with van der Waals surface area (Å²) in [5.74, 6) is 0. The highest BCUT2D eigenvalue weighted by Crippen LogP contribution is 2.36. The number of nitro groups is 1. The van der Waals surface area contributed by atoms with Crippen LogP contribution in [0.2, 0.25) is 0 Å². The van der Waals surface area contributed by atoms with E-state index in [1.54, 1.807) is 4.90 Å². The Kier molecular flexibility index (Phi) is 4.46. The summed E-state index contributed by atoms with van der Waals surface area (Å²) in [6.07, 6.45) is -2.05. The molecule has 0 amide bonds. The zero-order valence-corrected chi connectivity index (χ0v) is 11.0. The average Bonchev–Trinajstić information content (AvgIpc) is 2.44. The van der Waals surface area contributed by atoms with Gasteiger partial charge >= 0.3 is 6.18 Å². The summed E-state index contributed by atoms with van der Waals surface area (Å²) in [5.41, 5.74) is -2.00. The Balaban J connectivity index is 2.39. The molecule has 2 rings (SSSR count). The summed E-state index contributed by atoms with van der Waals surface area (Å²) >= 11 is 0. The van der Waals surface area contributed by atoms with Gasteiger partial charge in [0.1, 0.15) is 0 Å². The predicted molar refractivity (Wildman–Crippen MR) is 69.5 cm³/mol. The molecule has 0 saturated carbocycles. The molecule has 1 aromatic rings. The molecular formula is C13H13F3N2O3. The fourth-order valence-corrected chi connectivity index (χ4v) is 2.04. The number of nitro benzene ring substituents is 1. The van der Waals surface area contributed by atoms with Gasteiger partial charge in [-0.1, -0.05) is 6.07 Å². The summed E-state index contributed by atoms with van der Waals surface area (Å²) in [6, 6.07) is 2.94. The average molecular weight is 302 g/mol. The van der Waals surface area contributed by atoms with Crippen molar-refractivity contribution in [3.63, 3.8) is 0 Å². The molecule has 1 fully saturated rings. The highest BCUT2D eigenvalue weighted by molar-refractivity contribution is 5.65. The number of halogens is 3. The molecule has 1 saturated heterocycles. The van der Waals surface area contributed by atoms with Gasteiger partial charge in [0.05, 0.1) is 29.3 Å². The molecule has 5 nitrogen and oxygen atoms in total. The predicted octanol–water partition coefficient (Wildman–Crippen LogP) is 2.92. The molecular weight excluding hydrogens is 289 g/mol. The van der Waals surface area contributed by atoms with Crippen LogP contribution in [0.3, 0.4) is 0 Å². The first-order valence-corrected chi connectivity index (χ1v) is 6.24. The van der Waals surface area contributed by atoms with Crippen molar-refractivity contribution in [3.05, 3.63) is 45.6 Å². The summed E-state index contributed by atoms with van der Waals surface area (Å²) in [5, 5.41) is 10.9. The van der Waals surface area contributed by atoms with Crippen LogP contribution in [0.15, 0.2) is 24.4 Å². The van der Waals surface area contributed by atoms with Gasteiger partial charge in [-0.05, 0) is 12.1 Å². The number of benzene rings is 1. The quantitative estimate of drug-likeness (QED) is 0.636. The normalized spacial score (nSPS) is 16.4. The van der Waals surface area contributed by atoms with E-state index >= 15 is 0 Å². The number of rotatable bonds is 3. The summed E-state index contributed by atoms with van der Waals surface area (Å²) in [4.78, 5) is 11.9. The van der Waals surface area contributed by atoms with E-state index in [2.05, 4.69) is 0 Å². The van der Waals surface area contributed by atoms with E-state index in [1.807, 2.05) is 0 Å². The maximum atomic E-state index is 13.0. The van der Waals surface area contributed by atoms with E-state index in [0.29, 0.717) is 26.3 Å². The number of hydrogen-bond donors (Lipinski definition) is 0. The SMILES string of the molecule is O=[N+]([O-])c1cccc(C(F)(F)F)c1C=CN1CCOCC1. The fourth-order valence-electron chi connectivity index (χ4n) is 2.04. The molecule has 0 spiro atoms. The van der Waals surface area contributed by atoms with Gasteiger partial charge < -0.3 is 9.64 Å². The highest BCUT2D eigenvalue weighted by Gasteiger charge is 2.35. The molecule has 114 valence electrons. The van der Waals surface area contributed by atoms with Gasteiger partial charge in [-0.25, -0.2) is 0 Å². The van der Waals surface area contributed by atoms with Crippen LogP contribution in [0, 0.1) is 10.1 Å². The molecule has 0 atom stereocenters. The Bertz CT molecular complexity index is 552. The molecule has 0 N–H and O–H groups in total. The Morgan fingerprint density at radius 3 is 2.52 bits per heavy atom. The number of ether oxygens (including phenoxy) is 1. The Hall–Kier alpha value is -2.09. The highest BCUT2D eigenvalue weighted by atomic mass is 19.4. The number of nitrogens with zero attached hydrogens (tertiary/aromatic N) is 2. The molecule has 21 heavy (non-hydrogen) atoms. The molecule has 0 radical (unpaired) electrons. The number of hydrogen-bond acceptors (Lipinski definition) is 4. The zero-order chi connectivity index (χ0) is 15.5. The first-order chi connectivity index (χ1) is 9.89. The summed E-state index contributed by atoms with van der Waals surface area (Å²) in [6.45, 7) is 2.04. The molecule has 1 aromatic carbocycles. The van der Waals surface area contributed by atoms with Crippen LogP contribution in [-0.4, -0.2) is 36.1 Å². The monoisotopic (exact) mass is 302 g/mol. The van der Waals surface area contributed by atoms with Crippen molar-refractivity contribution >= 4 is 11.8 Å². The molecule has 0 bridgehead atoms. The van der Waals surface area contributed by atoms with Crippen molar-refractivity contribution in [2.75, 3.05) is 26.3 Å². The molecule has 1 aliphatic heterocycles. The Labute approximate surface area is 118 Å². The smallest absolute Gasteiger partial charge is 0.378 e.